The van der Waals surface area contributed by atoms with Crippen LogP contribution >= 0.6 is 0 Å². The highest BCUT2D eigenvalue weighted by Gasteiger charge is 1.96. The van der Waals surface area contributed by atoms with Gasteiger partial charge in [0.25, 0.3) is 0 Å². The third-order valence-corrected chi connectivity index (χ3v) is 2.80. The molecule has 0 amide bonds. The Kier molecular flexibility index (Phi) is 3.65. The van der Waals surface area contributed by atoms with Crippen LogP contribution in [0.5, 0.6) is 0 Å². The molecule has 4 bridgehead atoms. The van der Waals surface area contributed by atoms with E-state index in [-0.39, 0.29) is 0 Å². The van der Waals surface area contributed by atoms with Crippen LogP contribution in [0.3, 0.4) is 0 Å². The van der Waals surface area contributed by atoms with Crippen molar-refractivity contribution in [3.8, 4) is 0 Å². The Hall–Kier alpha value is -2.74. The second-order valence-corrected chi connectivity index (χ2v) is 4.28. The zero-order valence-electron chi connectivity index (χ0n) is 10.9. The molecule has 3 heterocycles. The first-order valence-electron chi connectivity index (χ1n) is 6.47. The van der Waals surface area contributed by atoms with Gasteiger partial charge in [0.1, 0.15) is 11.2 Å². The lowest BCUT2D eigenvalue weighted by Crippen LogP contribution is -1.52. The maximum absolute atomic E-state index is 5.71. The maximum atomic E-state index is 5.71. The highest BCUT2D eigenvalue weighted by Crippen LogP contribution is 2.18. The first kappa shape index (κ1) is 12.3. The summed E-state index contributed by atoms with van der Waals surface area (Å²) < 4.78 is 11.4. The predicted molar refractivity (Wildman–Crippen MR) is 81.2 cm³/mol. The summed E-state index contributed by atoms with van der Waals surface area (Å²) in [4.78, 5) is 0. The number of furan rings is 2. The molecule has 0 radical (unpaired) electrons. The molecule has 3 aromatic rings. The summed E-state index contributed by atoms with van der Waals surface area (Å²) >= 11 is 0. The Labute approximate surface area is 116 Å². The van der Waals surface area contributed by atoms with Gasteiger partial charge in [-0.1, -0.05) is 48.5 Å². The molecule has 0 aliphatic carbocycles. The van der Waals surface area contributed by atoms with Crippen molar-refractivity contribution in [1.82, 2.24) is 0 Å². The number of fused-ring (bicyclic) bond motifs is 5. The van der Waals surface area contributed by atoms with Crippen LogP contribution in [-0.4, -0.2) is 0 Å². The van der Waals surface area contributed by atoms with Gasteiger partial charge in [-0.3, -0.25) is 0 Å². The van der Waals surface area contributed by atoms with Gasteiger partial charge in [-0.2, -0.15) is 0 Å². The minimum Gasteiger partial charge on any atom is -0.453 e. The summed E-state index contributed by atoms with van der Waals surface area (Å²) in [6.07, 6.45) is 0. The minimum atomic E-state index is 0.732. The van der Waals surface area contributed by atoms with Crippen LogP contribution in [0.2, 0.25) is 0 Å². The molecular weight excluding hydrogens is 248 g/mol. The Balaban J connectivity index is 2.24. The molecule has 3 rings (SSSR count). The lowest BCUT2D eigenvalue weighted by Gasteiger charge is -1.80. The van der Waals surface area contributed by atoms with Gasteiger partial charge in [-0.15, -0.1) is 0 Å². The summed E-state index contributed by atoms with van der Waals surface area (Å²) in [6.45, 7) is 0. The van der Waals surface area contributed by atoms with Gasteiger partial charge in [-0.05, 0) is 36.4 Å². The Morgan fingerprint density at radius 1 is 0.400 bits per heavy atom. The molecule has 2 nitrogen and oxygen atoms in total. The van der Waals surface area contributed by atoms with Crippen molar-refractivity contribution in [3.63, 3.8) is 0 Å². The standard InChI is InChI=1S/C18H14O2/c1-2-4-6-8-10-16-12-14-18(20-16)17-13-11-15(19-17)9-7-5-3-1/h1-14H. The Morgan fingerprint density at radius 3 is 1.25 bits per heavy atom. The second-order valence-electron chi connectivity index (χ2n) is 4.28. The molecule has 0 saturated heterocycles. The molecule has 0 aliphatic rings. The fraction of sp³-hybridized carbons (Fsp3) is 0. The van der Waals surface area contributed by atoms with E-state index in [0.29, 0.717) is 0 Å². The zero-order valence-corrected chi connectivity index (χ0v) is 10.9. The average molecular weight is 262 g/mol. The predicted octanol–water partition coefficient (Wildman–Crippen LogP) is 5.43. The van der Waals surface area contributed by atoms with Crippen LogP contribution in [0.4, 0.5) is 0 Å². The van der Waals surface area contributed by atoms with E-state index in [4.69, 9.17) is 8.83 Å². The van der Waals surface area contributed by atoms with Crippen molar-refractivity contribution < 1.29 is 8.83 Å². The Morgan fingerprint density at radius 2 is 0.800 bits per heavy atom. The topological polar surface area (TPSA) is 26.3 Å². The first-order chi connectivity index (χ1) is 9.92. The first-order valence-corrected chi connectivity index (χ1v) is 6.47. The molecule has 0 aromatic carbocycles. The van der Waals surface area contributed by atoms with E-state index in [2.05, 4.69) is 0 Å². The average Bonchev–Trinajstić information content (AvgIpc) is 3.09. The van der Waals surface area contributed by atoms with Crippen molar-refractivity contribution in [3.05, 3.63) is 84.9 Å². The highest BCUT2D eigenvalue weighted by atomic mass is 16.4. The highest BCUT2D eigenvalue weighted by molar-refractivity contribution is 5.74. The monoisotopic (exact) mass is 262 g/mol. The smallest absolute Gasteiger partial charge is 0.170 e. The van der Waals surface area contributed by atoms with Gasteiger partial charge in [-0.25, -0.2) is 0 Å². The summed E-state index contributed by atoms with van der Waals surface area (Å²) in [5.41, 5.74) is 3.06. The molecule has 98 valence electrons. The van der Waals surface area contributed by atoms with Crippen LogP contribution in [0.25, 0.3) is 22.3 Å². The van der Waals surface area contributed by atoms with Crippen LogP contribution in [0.15, 0.2) is 93.8 Å². The van der Waals surface area contributed by atoms with E-state index in [1.807, 2.05) is 84.9 Å². The van der Waals surface area contributed by atoms with Gasteiger partial charge in [0, 0.05) is 0 Å². The number of rotatable bonds is 0. The summed E-state index contributed by atoms with van der Waals surface area (Å²) in [6, 6.07) is 27.2. The summed E-state index contributed by atoms with van der Waals surface area (Å²) in [5.74, 6) is 0. The van der Waals surface area contributed by atoms with Gasteiger partial charge in [0.2, 0.25) is 0 Å². The second kappa shape index (κ2) is 5.93. The fourth-order valence-corrected chi connectivity index (χ4v) is 1.84. The molecule has 0 N–H and O–H groups in total. The summed E-state index contributed by atoms with van der Waals surface area (Å²) in [7, 11) is 0. The number of hydrogen-bond donors (Lipinski definition) is 0. The molecule has 0 atom stereocenters. The van der Waals surface area contributed by atoms with Gasteiger partial charge >= 0.3 is 0 Å². The summed E-state index contributed by atoms with van der Waals surface area (Å²) in [5, 5.41) is 0. The third-order valence-electron chi connectivity index (χ3n) is 2.80. The molecule has 0 aliphatic heterocycles. The lowest BCUT2D eigenvalue weighted by molar-refractivity contribution is 0.629. The largest absolute Gasteiger partial charge is 0.453 e. The van der Waals surface area contributed by atoms with Crippen LogP contribution in [0.1, 0.15) is 0 Å². The normalized spacial score (nSPS) is 10.0. The fourth-order valence-electron chi connectivity index (χ4n) is 1.84. The van der Waals surface area contributed by atoms with E-state index in [0.717, 1.165) is 22.3 Å². The SMILES string of the molecule is c1cccccc2ccc(o2)c2ccc(cccc1)o2. The molecule has 0 saturated carbocycles. The maximum Gasteiger partial charge on any atom is 0.170 e. The Bertz CT molecular complexity index is 754. The number of hydrogen-bond acceptors (Lipinski definition) is 2. The van der Waals surface area contributed by atoms with E-state index in [1.54, 1.807) is 0 Å². The van der Waals surface area contributed by atoms with Crippen molar-refractivity contribution in [2.75, 3.05) is 0 Å². The molecule has 0 fully saturated rings. The molecule has 0 unspecified atom stereocenters. The van der Waals surface area contributed by atoms with E-state index < -0.39 is 0 Å². The van der Waals surface area contributed by atoms with Crippen molar-refractivity contribution >= 4 is 22.3 Å². The van der Waals surface area contributed by atoms with E-state index >= 15 is 0 Å². The van der Waals surface area contributed by atoms with Crippen molar-refractivity contribution in [1.29, 1.82) is 0 Å². The molecule has 2 heteroatoms. The molecule has 0 spiro atoms. The van der Waals surface area contributed by atoms with Gasteiger partial charge in [0.05, 0.1) is 0 Å². The zero-order chi connectivity index (χ0) is 13.6. The van der Waals surface area contributed by atoms with Crippen LogP contribution < -0.4 is 0 Å². The lowest BCUT2D eigenvalue weighted by atomic mass is 10.4. The molecular formula is C18H14O2. The van der Waals surface area contributed by atoms with Crippen molar-refractivity contribution in [2.24, 2.45) is 0 Å². The third kappa shape index (κ3) is 2.98. The quantitative estimate of drug-likeness (QED) is 0.540. The van der Waals surface area contributed by atoms with Crippen LogP contribution in [-0.2, 0) is 0 Å². The van der Waals surface area contributed by atoms with E-state index in [1.165, 1.54) is 0 Å². The minimum absolute atomic E-state index is 0.732. The van der Waals surface area contributed by atoms with Crippen molar-refractivity contribution in [2.45, 2.75) is 0 Å². The van der Waals surface area contributed by atoms with Crippen LogP contribution in [0, 0.1) is 0 Å². The molecule has 20 heavy (non-hydrogen) atoms. The van der Waals surface area contributed by atoms with Gasteiger partial charge in [0.15, 0.2) is 11.2 Å². The van der Waals surface area contributed by atoms with E-state index in [9.17, 15) is 0 Å². The molecule has 3 aromatic heterocycles. The van der Waals surface area contributed by atoms with Gasteiger partial charge < -0.3 is 8.83 Å².